The first kappa shape index (κ1) is 20.5. The molecule has 2 aromatic rings. The first-order chi connectivity index (χ1) is 13.3. The lowest BCUT2D eigenvalue weighted by atomic mass is 10.1. The lowest BCUT2D eigenvalue weighted by molar-refractivity contribution is 0.102. The van der Waals surface area contributed by atoms with Gasteiger partial charge in [-0.1, -0.05) is 26.3 Å². The maximum atomic E-state index is 13.0. The zero-order chi connectivity index (χ0) is 20.3. The largest absolute Gasteiger partial charge is 0.321 e. The molecule has 28 heavy (non-hydrogen) atoms. The summed E-state index contributed by atoms with van der Waals surface area (Å²) in [6.45, 7) is 7.05. The number of anilines is 1. The number of hydrogen-bond donors (Lipinski definition) is 2. The second kappa shape index (κ2) is 8.45. The van der Waals surface area contributed by atoms with Crippen LogP contribution in [-0.4, -0.2) is 41.9 Å². The minimum absolute atomic E-state index is 0.245. The standard InChI is InChI=1S/C20H28N4O3S/c1-14(2)11-17-12-18(23-22-17)20(25)21-16-8-7-15(3)19(13-16)28(26,27)24-9-5-4-6-10-24/h7-8,12-14H,4-6,9-11H2,1-3H3,(H,21,25)(H,22,23). The van der Waals surface area contributed by atoms with Crippen molar-refractivity contribution < 1.29 is 13.2 Å². The molecule has 0 atom stereocenters. The van der Waals surface area contributed by atoms with Gasteiger partial charge in [0.15, 0.2) is 5.69 Å². The number of carbonyl (C=O) groups excluding carboxylic acids is 1. The zero-order valence-corrected chi connectivity index (χ0v) is 17.5. The van der Waals surface area contributed by atoms with E-state index in [0.29, 0.717) is 30.3 Å². The van der Waals surface area contributed by atoms with Crippen molar-refractivity contribution in [1.82, 2.24) is 14.5 Å². The molecule has 1 fully saturated rings. The van der Waals surface area contributed by atoms with Crippen LogP contribution in [0, 0.1) is 12.8 Å². The first-order valence-corrected chi connectivity index (χ1v) is 11.2. The van der Waals surface area contributed by atoms with Crippen LogP contribution in [0.1, 0.15) is 54.9 Å². The Kier molecular flexibility index (Phi) is 6.20. The quantitative estimate of drug-likeness (QED) is 0.772. The monoisotopic (exact) mass is 404 g/mol. The number of aryl methyl sites for hydroxylation is 1. The molecule has 2 heterocycles. The third-order valence-electron chi connectivity index (χ3n) is 4.87. The number of carbonyl (C=O) groups is 1. The number of nitrogens with zero attached hydrogens (tertiary/aromatic N) is 2. The summed E-state index contributed by atoms with van der Waals surface area (Å²) in [5.74, 6) is 0.0902. The second-order valence-corrected chi connectivity index (χ2v) is 9.68. The van der Waals surface area contributed by atoms with Crippen molar-refractivity contribution >= 4 is 21.6 Å². The Morgan fingerprint density at radius 1 is 1.21 bits per heavy atom. The molecule has 152 valence electrons. The van der Waals surface area contributed by atoms with E-state index in [9.17, 15) is 13.2 Å². The summed E-state index contributed by atoms with van der Waals surface area (Å²) in [5.41, 5.74) is 2.30. The molecule has 1 aromatic carbocycles. The first-order valence-electron chi connectivity index (χ1n) is 9.74. The van der Waals surface area contributed by atoms with Crippen molar-refractivity contribution in [3.8, 4) is 0 Å². The van der Waals surface area contributed by atoms with Gasteiger partial charge in [-0.15, -0.1) is 0 Å². The van der Waals surface area contributed by atoms with E-state index in [4.69, 9.17) is 0 Å². The van der Waals surface area contributed by atoms with Gasteiger partial charge in [-0.3, -0.25) is 9.89 Å². The Hall–Kier alpha value is -2.19. The van der Waals surface area contributed by atoms with Crippen molar-refractivity contribution in [3.05, 3.63) is 41.2 Å². The Balaban J connectivity index is 1.79. The Morgan fingerprint density at radius 2 is 1.93 bits per heavy atom. The summed E-state index contributed by atoms with van der Waals surface area (Å²) in [7, 11) is -3.56. The van der Waals surface area contributed by atoms with E-state index in [0.717, 1.165) is 31.4 Å². The van der Waals surface area contributed by atoms with E-state index in [-0.39, 0.29) is 16.5 Å². The van der Waals surface area contributed by atoms with Gasteiger partial charge in [0.1, 0.15) is 0 Å². The van der Waals surface area contributed by atoms with Crippen LogP contribution in [0.2, 0.25) is 0 Å². The molecule has 1 aliphatic rings. The van der Waals surface area contributed by atoms with Gasteiger partial charge in [0.25, 0.3) is 5.91 Å². The fourth-order valence-electron chi connectivity index (χ4n) is 3.42. The highest BCUT2D eigenvalue weighted by atomic mass is 32.2. The number of nitrogens with one attached hydrogen (secondary N) is 2. The average molecular weight is 405 g/mol. The highest BCUT2D eigenvalue weighted by Crippen LogP contribution is 2.26. The van der Waals surface area contributed by atoms with E-state index in [1.54, 1.807) is 31.2 Å². The van der Waals surface area contributed by atoms with Gasteiger partial charge in [0, 0.05) is 24.5 Å². The highest BCUT2D eigenvalue weighted by molar-refractivity contribution is 7.89. The number of sulfonamides is 1. The molecule has 1 saturated heterocycles. The normalized spacial score (nSPS) is 15.7. The molecule has 8 heteroatoms. The van der Waals surface area contributed by atoms with Crippen LogP contribution < -0.4 is 5.32 Å². The van der Waals surface area contributed by atoms with Crippen LogP contribution in [0.3, 0.4) is 0 Å². The third kappa shape index (κ3) is 4.62. The molecule has 1 aliphatic heterocycles. The molecular weight excluding hydrogens is 376 g/mol. The molecular formula is C20H28N4O3S. The molecule has 0 radical (unpaired) electrons. The van der Waals surface area contributed by atoms with Gasteiger partial charge in [0.2, 0.25) is 10.0 Å². The third-order valence-corrected chi connectivity index (χ3v) is 6.91. The average Bonchev–Trinajstić information content (AvgIpc) is 3.12. The van der Waals surface area contributed by atoms with Crippen molar-refractivity contribution in [1.29, 1.82) is 0 Å². The molecule has 3 rings (SSSR count). The molecule has 1 amide bonds. The number of aromatic amines is 1. The topological polar surface area (TPSA) is 95.2 Å². The number of aromatic nitrogens is 2. The van der Waals surface area contributed by atoms with Crippen molar-refractivity contribution in [2.45, 2.75) is 51.3 Å². The SMILES string of the molecule is Cc1ccc(NC(=O)c2cc(CC(C)C)[nH]n2)cc1S(=O)(=O)N1CCCCC1. The Bertz CT molecular complexity index is 944. The van der Waals surface area contributed by atoms with Crippen LogP contribution in [0.25, 0.3) is 0 Å². The predicted octanol–water partition coefficient (Wildman–Crippen LogP) is 3.34. The van der Waals surface area contributed by atoms with Crippen LogP contribution in [0.4, 0.5) is 5.69 Å². The van der Waals surface area contributed by atoms with E-state index in [1.165, 1.54) is 4.31 Å². The summed E-state index contributed by atoms with van der Waals surface area (Å²) in [5, 5.41) is 9.71. The van der Waals surface area contributed by atoms with E-state index in [2.05, 4.69) is 29.4 Å². The summed E-state index contributed by atoms with van der Waals surface area (Å²) in [4.78, 5) is 12.8. The van der Waals surface area contributed by atoms with Crippen LogP contribution in [0.15, 0.2) is 29.2 Å². The van der Waals surface area contributed by atoms with E-state index >= 15 is 0 Å². The minimum Gasteiger partial charge on any atom is -0.321 e. The molecule has 2 N–H and O–H groups in total. The summed E-state index contributed by atoms with van der Waals surface area (Å²) in [6.07, 6.45) is 3.63. The van der Waals surface area contributed by atoms with Crippen LogP contribution in [0.5, 0.6) is 0 Å². The van der Waals surface area contributed by atoms with Gasteiger partial charge in [-0.25, -0.2) is 8.42 Å². The zero-order valence-electron chi connectivity index (χ0n) is 16.7. The number of amides is 1. The number of hydrogen-bond acceptors (Lipinski definition) is 4. The molecule has 0 unspecified atom stereocenters. The number of rotatable bonds is 6. The van der Waals surface area contributed by atoms with Crippen molar-refractivity contribution in [2.24, 2.45) is 5.92 Å². The molecule has 7 nitrogen and oxygen atoms in total. The van der Waals surface area contributed by atoms with Gasteiger partial charge in [0.05, 0.1) is 4.90 Å². The minimum atomic E-state index is -3.56. The molecule has 1 aromatic heterocycles. The number of H-pyrrole nitrogens is 1. The van der Waals surface area contributed by atoms with Gasteiger partial charge in [-0.2, -0.15) is 9.40 Å². The fraction of sp³-hybridized carbons (Fsp3) is 0.500. The summed E-state index contributed by atoms with van der Waals surface area (Å²) >= 11 is 0. The van der Waals surface area contributed by atoms with Crippen molar-refractivity contribution in [2.75, 3.05) is 18.4 Å². The molecule has 0 bridgehead atoms. The van der Waals surface area contributed by atoms with Crippen molar-refractivity contribution in [3.63, 3.8) is 0 Å². The molecule has 0 saturated carbocycles. The molecule has 0 aliphatic carbocycles. The maximum absolute atomic E-state index is 13.0. The number of piperidine rings is 1. The lowest BCUT2D eigenvalue weighted by Crippen LogP contribution is -2.36. The lowest BCUT2D eigenvalue weighted by Gasteiger charge is -2.26. The smallest absolute Gasteiger partial charge is 0.276 e. The van der Waals surface area contributed by atoms with Crippen LogP contribution >= 0.6 is 0 Å². The Morgan fingerprint density at radius 3 is 2.61 bits per heavy atom. The Labute approximate surface area is 166 Å². The van der Waals surface area contributed by atoms with E-state index in [1.807, 2.05) is 0 Å². The fourth-order valence-corrected chi connectivity index (χ4v) is 5.19. The molecule has 0 spiro atoms. The highest BCUT2D eigenvalue weighted by Gasteiger charge is 2.27. The van der Waals surface area contributed by atoms with Crippen LogP contribution in [-0.2, 0) is 16.4 Å². The second-order valence-electron chi connectivity index (χ2n) is 7.78. The van der Waals surface area contributed by atoms with Gasteiger partial charge in [-0.05, 0) is 55.9 Å². The van der Waals surface area contributed by atoms with Gasteiger partial charge < -0.3 is 5.32 Å². The number of benzene rings is 1. The summed E-state index contributed by atoms with van der Waals surface area (Å²) < 4.78 is 27.6. The maximum Gasteiger partial charge on any atom is 0.276 e. The van der Waals surface area contributed by atoms with E-state index < -0.39 is 10.0 Å². The van der Waals surface area contributed by atoms with Gasteiger partial charge >= 0.3 is 0 Å². The summed E-state index contributed by atoms with van der Waals surface area (Å²) in [6, 6.07) is 6.71. The predicted molar refractivity (Wildman–Crippen MR) is 109 cm³/mol.